The second kappa shape index (κ2) is 12.0. The maximum absolute atomic E-state index is 13.9. The highest BCUT2D eigenvalue weighted by atomic mass is 19.1. The third kappa shape index (κ3) is 5.69. The summed E-state index contributed by atoms with van der Waals surface area (Å²) in [4.78, 5) is 42.9. The highest BCUT2D eigenvalue weighted by Crippen LogP contribution is 2.27. The Morgan fingerprint density at radius 3 is 2.38 bits per heavy atom. The second-order valence-corrected chi connectivity index (χ2v) is 10.4. The van der Waals surface area contributed by atoms with Crippen LogP contribution in [0.25, 0.3) is 10.9 Å². The van der Waals surface area contributed by atoms with Gasteiger partial charge in [0.25, 0.3) is 5.56 Å². The van der Waals surface area contributed by atoms with Crippen LogP contribution in [0.1, 0.15) is 43.7 Å². The van der Waals surface area contributed by atoms with Crippen molar-refractivity contribution in [3.05, 3.63) is 68.9 Å². The number of halogens is 2. The number of carbonyl (C=O) groups is 1. The van der Waals surface area contributed by atoms with E-state index >= 15 is 0 Å². The Bertz CT molecular complexity index is 1420. The summed E-state index contributed by atoms with van der Waals surface area (Å²) in [6, 6.07) is 12.3. The number of fused-ring (bicyclic) bond motifs is 1. The van der Waals surface area contributed by atoms with Gasteiger partial charge in [-0.15, -0.1) is 0 Å². The van der Waals surface area contributed by atoms with Crippen LogP contribution < -0.4 is 20.9 Å². The minimum Gasteiger partial charge on any atom is -0.485 e. The first kappa shape index (κ1) is 26.9. The molecule has 0 aliphatic carbocycles. The molecule has 0 saturated carbocycles. The zero-order valence-electron chi connectivity index (χ0n) is 21.9. The molecule has 1 amide bonds. The first-order chi connectivity index (χ1) is 19.0. The smallest absolute Gasteiger partial charge is 0.332 e. The average molecular weight is 541 g/mol. The number of anilines is 1. The first-order valence-corrected chi connectivity index (χ1v) is 13.6. The molecule has 0 N–H and O–H groups in total. The largest absolute Gasteiger partial charge is 0.485 e. The molecule has 3 heterocycles. The Morgan fingerprint density at radius 1 is 0.949 bits per heavy atom. The Balaban J connectivity index is 1.58. The van der Waals surface area contributed by atoms with E-state index in [4.69, 9.17) is 4.74 Å². The highest BCUT2D eigenvalue weighted by Gasteiger charge is 2.25. The van der Waals surface area contributed by atoms with Crippen LogP contribution in [0.15, 0.2) is 52.1 Å². The van der Waals surface area contributed by atoms with Crippen molar-refractivity contribution in [3.8, 4) is 5.75 Å². The van der Waals surface area contributed by atoms with Crippen molar-refractivity contribution in [2.75, 3.05) is 44.4 Å². The molecule has 0 radical (unpaired) electrons. The summed E-state index contributed by atoms with van der Waals surface area (Å²) in [6.45, 7) is 1.07. The van der Waals surface area contributed by atoms with Crippen molar-refractivity contribution >= 4 is 23.0 Å². The fraction of sp³-hybridized carbons (Fsp3) is 0.483. The number of likely N-dealkylation sites (tertiary alicyclic amines) is 1. The fourth-order valence-electron chi connectivity index (χ4n) is 5.66. The molecule has 0 spiro atoms. The van der Waals surface area contributed by atoms with Gasteiger partial charge in [-0.3, -0.25) is 18.7 Å². The lowest BCUT2D eigenvalue weighted by Gasteiger charge is -2.31. The fourth-order valence-corrected chi connectivity index (χ4v) is 5.66. The average Bonchev–Trinajstić information content (AvgIpc) is 2.99. The number of benzene rings is 2. The highest BCUT2D eigenvalue weighted by molar-refractivity contribution is 5.80. The Kier molecular flexibility index (Phi) is 8.28. The molecule has 1 aromatic heterocycles. The zero-order valence-corrected chi connectivity index (χ0v) is 21.9. The van der Waals surface area contributed by atoms with E-state index in [0.717, 1.165) is 43.6 Å². The van der Waals surface area contributed by atoms with E-state index in [2.05, 4.69) is 4.90 Å². The van der Waals surface area contributed by atoms with Crippen molar-refractivity contribution < 1.29 is 18.3 Å². The maximum atomic E-state index is 13.9. The minimum atomic E-state index is -1.26. The van der Waals surface area contributed by atoms with E-state index in [0.29, 0.717) is 31.4 Å². The third-order valence-corrected chi connectivity index (χ3v) is 7.77. The molecule has 2 aliphatic heterocycles. The van der Waals surface area contributed by atoms with Gasteiger partial charge in [-0.05, 0) is 68.0 Å². The molecule has 10 heteroatoms. The molecule has 3 aromatic rings. The Hall–Kier alpha value is -3.69. The van der Waals surface area contributed by atoms with Crippen LogP contribution in [-0.4, -0.2) is 66.1 Å². The standard InChI is InChI=1S/C29H34F2N4O4/c30-17-25(18-31)39-24-7-8-27-26(16-24)28(37)34(29(38)35(27)22-9-13-32(20-36)14-10-22)19-21-5-4-6-23(15-21)33-11-2-1-3-12-33/h4-8,15-16,20,22,25H,1-3,9-14,17-19H2. The van der Waals surface area contributed by atoms with Gasteiger partial charge >= 0.3 is 5.69 Å². The van der Waals surface area contributed by atoms with Crippen molar-refractivity contribution in [1.29, 1.82) is 0 Å². The molecule has 5 rings (SSSR count). The first-order valence-electron chi connectivity index (χ1n) is 13.6. The molecule has 0 unspecified atom stereocenters. The SMILES string of the molecule is O=CN1CCC(n2c(=O)n(Cc3cccc(N4CCCCC4)c3)c(=O)c3cc(OC(CF)CF)ccc32)CC1. The monoisotopic (exact) mass is 540 g/mol. The molecule has 8 nitrogen and oxygen atoms in total. The number of nitrogens with zero attached hydrogens (tertiary/aromatic N) is 4. The molecule has 2 fully saturated rings. The molecule has 39 heavy (non-hydrogen) atoms. The number of piperidine rings is 2. The summed E-state index contributed by atoms with van der Waals surface area (Å²) in [7, 11) is 0. The Morgan fingerprint density at radius 2 is 1.69 bits per heavy atom. The van der Waals surface area contributed by atoms with Gasteiger partial charge in [0, 0.05) is 37.9 Å². The predicted octanol–water partition coefficient (Wildman–Crippen LogP) is 3.68. The van der Waals surface area contributed by atoms with Crippen molar-refractivity contribution in [1.82, 2.24) is 14.0 Å². The molecule has 2 saturated heterocycles. The van der Waals surface area contributed by atoms with Crippen molar-refractivity contribution in [3.63, 3.8) is 0 Å². The summed E-state index contributed by atoms with van der Waals surface area (Å²) in [5.41, 5.74) is 1.45. The van der Waals surface area contributed by atoms with E-state index in [1.165, 1.54) is 23.1 Å². The summed E-state index contributed by atoms with van der Waals surface area (Å²) in [6.07, 6.45) is 4.18. The molecular weight excluding hydrogens is 506 g/mol. The maximum Gasteiger partial charge on any atom is 0.332 e. The number of amides is 1. The quantitative estimate of drug-likeness (QED) is 0.387. The van der Waals surface area contributed by atoms with Crippen LogP contribution in [0.5, 0.6) is 5.75 Å². The number of rotatable bonds is 9. The molecule has 0 atom stereocenters. The molecule has 2 aliphatic rings. The number of alkyl halides is 2. The van der Waals surface area contributed by atoms with E-state index < -0.39 is 30.7 Å². The number of hydrogen-bond acceptors (Lipinski definition) is 5. The van der Waals surface area contributed by atoms with Crippen LogP contribution in [0.4, 0.5) is 14.5 Å². The van der Waals surface area contributed by atoms with E-state index in [1.807, 2.05) is 24.3 Å². The van der Waals surface area contributed by atoms with Gasteiger partial charge in [0.05, 0.1) is 17.4 Å². The summed E-state index contributed by atoms with van der Waals surface area (Å²) < 4.78 is 34.5. The number of ether oxygens (including phenoxy) is 1. The molecule has 0 bridgehead atoms. The van der Waals surface area contributed by atoms with E-state index in [-0.39, 0.29) is 23.7 Å². The summed E-state index contributed by atoms with van der Waals surface area (Å²) in [5, 5.41) is 0.244. The second-order valence-electron chi connectivity index (χ2n) is 10.4. The lowest BCUT2D eigenvalue weighted by Crippen LogP contribution is -2.44. The van der Waals surface area contributed by atoms with Crippen LogP contribution in [-0.2, 0) is 11.3 Å². The van der Waals surface area contributed by atoms with E-state index in [1.54, 1.807) is 15.5 Å². The van der Waals surface area contributed by atoms with Gasteiger partial charge in [0.15, 0.2) is 6.10 Å². The summed E-state index contributed by atoms with van der Waals surface area (Å²) >= 11 is 0. The predicted molar refractivity (Wildman–Crippen MR) is 146 cm³/mol. The van der Waals surface area contributed by atoms with Gasteiger partial charge < -0.3 is 14.5 Å². The van der Waals surface area contributed by atoms with Gasteiger partial charge in [-0.1, -0.05) is 12.1 Å². The molecular formula is C29H34F2N4O4. The molecule has 2 aromatic carbocycles. The summed E-state index contributed by atoms with van der Waals surface area (Å²) in [5.74, 6) is 0.166. The topological polar surface area (TPSA) is 76.8 Å². The molecule has 208 valence electrons. The van der Waals surface area contributed by atoms with Crippen molar-refractivity contribution in [2.45, 2.75) is 50.8 Å². The zero-order chi connectivity index (χ0) is 27.4. The van der Waals surface area contributed by atoms with E-state index in [9.17, 15) is 23.2 Å². The van der Waals surface area contributed by atoms with Gasteiger partial charge in [0.2, 0.25) is 6.41 Å². The lowest BCUT2D eigenvalue weighted by molar-refractivity contribution is -0.119. The van der Waals surface area contributed by atoms with Crippen LogP contribution in [0, 0.1) is 0 Å². The van der Waals surface area contributed by atoms with Crippen LogP contribution in [0.2, 0.25) is 0 Å². The minimum absolute atomic E-state index is 0.0884. The van der Waals surface area contributed by atoms with Gasteiger partial charge in [-0.25, -0.2) is 13.6 Å². The number of carbonyl (C=O) groups excluding carboxylic acids is 1. The van der Waals surface area contributed by atoms with Gasteiger partial charge in [0.1, 0.15) is 19.1 Å². The van der Waals surface area contributed by atoms with Crippen LogP contribution >= 0.6 is 0 Å². The van der Waals surface area contributed by atoms with Gasteiger partial charge in [-0.2, -0.15) is 0 Å². The third-order valence-electron chi connectivity index (χ3n) is 7.77. The normalized spacial score (nSPS) is 16.7. The van der Waals surface area contributed by atoms with Crippen molar-refractivity contribution in [2.24, 2.45) is 0 Å². The Labute approximate surface area is 225 Å². The number of aromatic nitrogens is 2. The lowest BCUT2D eigenvalue weighted by atomic mass is 10.0. The number of hydrogen-bond donors (Lipinski definition) is 0. The van der Waals surface area contributed by atoms with Crippen LogP contribution in [0.3, 0.4) is 0 Å².